The standard InChI is InChI=1S/C8H4Cl2N2O2/c9-7-8(10)12-4-2-6(14)5(13)1-3(4)11-7/h1-2,13-14H. The number of phenols is 2. The van der Waals surface area contributed by atoms with E-state index in [0.29, 0.717) is 11.0 Å². The summed E-state index contributed by atoms with van der Waals surface area (Å²) in [7, 11) is 0. The molecular weight excluding hydrogens is 227 g/mol. The molecule has 0 radical (unpaired) electrons. The second-order valence-electron chi connectivity index (χ2n) is 2.63. The van der Waals surface area contributed by atoms with Gasteiger partial charge in [-0.05, 0) is 0 Å². The van der Waals surface area contributed by atoms with Gasteiger partial charge in [-0.1, -0.05) is 23.2 Å². The highest BCUT2D eigenvalue weighted by Gasteiger charge is 2.08. The van der Waals surface area contributed by atoms with Crippen molar-refractivity contribution in [2.45, 2.75) is 0 Å². The minimum Gasteiger partial charge on any atom is -0.504 e. The second-order valence-corrected chi connectivity index (χ2v) is 3.35. The smallest absolute Gasteiger partial charge is 0.167 e. The zero-order valence-corrected chi connectivity index (χ0v) is 8.21. The number of benzene rings is 1. The first-order chi connectivity index (χ1) is 6.58. The topological polar surface area (TPSA) is 66.2 Å². The molecule has 14 heavy (non-hydrogen) atoms. The highest BCUT2D eigenvalue weighted by molar-refractivity contribution is 6.40. The van der Waals surface area contributed by atoms with Crippen LogP contribution in [-0.4, -0.2) is 20.2 Å². The molecule has 6 heteroatoms. The molecule has 2 rings (SSSR count). The minimum atomic E-state index is -0.273. The average molecular weight is 231 g/mol. The van der Waals surface area contributed by atoms with Crippen LogP contribution in [0, 0.1) is 0 Å². The van der Waals surface area contributed by atoms with Crippen LogP contribution in [0.25, 0.3) is 11.0 Å². The summed E-state index contributed by atoms with van der Waals surface area (Å²) >= 11 is 11.3. The molecule has 0 atom stereocenters. The molecule has 0 spiro atoms. The van der Waals surface area contributed by atoms with Crippen LogP contribution in [0.5, 0.6) is 11.5 Å². The number of rotatable bonds is 0. The molecule has 0 saturated heterocycles. The van der Waals surface area contributed by atoms with Crippen LogP contribution in [0.15, 0.2) is 12.1 Å². The van der Waals surface area contributed by atoms with Gasteiger partial charge in [0.05, 0.1) is 11.0 Å². The van der Waals surface area contributed by atoms with Crippen LogP contribution >= 0.6 is 23.2 Å². The normalized spacial score (nSPS) is 10.7. The summed E-state index contributed by atoms with van der Waals surface area (Å²) in [6.07, 6.45) is 0. The first-order valence-corrected chi connectivity index (χ1v) is 4.38. The van der Waals surface area contributed by atoms with E-state index < -0.39 is 0 Å². The van der Waals surface area contributed by atoms with E-state index in [9.17, 15) is 10.2 Å². The minimum absolute atomic E-state index is 0.0595. The fourth-order valence-corrected chi connectivity index (χ4v) is 1.30. The maximum Gasteiger partial charge on any atom is 0.167 e. The van der Waals surface area contributed by atoms with Crippen LogP contribution in [0.3, 0.4) is 0 Å². The van der Waals surface area contributed by atoms with E-state index >= 15 is 0 Å². The largest absolute Gasteiger partial charge is 0.504 e. The molecule has 4 nitrogen and oxygen atoms in total. The van der Waals surface area contributed by atoms with Gasteiger partial charge >= 0.3 is 0 Å². The zero-order valence-electron chi connectivity index (χ0n) is 6.70. The van der Waals surface area contributed by atoms with E-state index in [2.05, 4.69) is 9.97 Å². The Morgan fingerprint density at radius 1 is 0.857 bits per heavy atom. The number of hydrogen-bond acceptors (Lipinski definition) is 4. The number of fused-ring (bicyclic) bond motifs is 1. The molecule has 0 fully saturated rings. The number of phenolic OH excluding ortho intramolecular Hbond substituents is 2. The van der Waals surface area contributed by atoms with Crippen molar-refractivity contribution < 1.29 is 10.2 Å². The molecule has 0 saturated carbocycles. The van der Waals surface area contributed by atoms with Gasteiger partial charge in [0, 0.05) is 12.1 Å². The van der Waals surface area contributed by atoms with Gasteiger partial charge in [-0.3, -0.25) is 0 Å². The Balaban J connectivity index is 2.83. The third kappa shape index (κ3) is 1.42. The fourth-order valence-electron chi connectivity index (χ4n) is 1.04. The number of nitrogens with zero attached hydrogens (tertiary/aromatic N) is 2. The number of hydrogen-bond donors (Lipinski definition) is 2. The lowest BCUT2D eigenvalue weighted by molar-refractivity contribution is 0.404. The van der Waals surface area contributed by atoms with Crippen LogP contribution in [-0.2, 0) is 0 Å². The van der Waals surface area contributed by atoms with Crippen LogP contribution < -0.4 is 0 Å². The van der Waals surface area contributed by atoms with E-state index in [1.807, 2.05) is 0 Å². The van der Waals surface area contributed by atoms with E-state index in [4.69, 9.17) is 23.2 Å². The molecule has 0 aliphatic heterocycles. The predicted molar refractivity (Wildman–Crippen MR) is 52.9 cm³/mol. The average Bonchev–Trinajstić information content (AvgIpc) is 2.11. The quantitative estimate of drug-likeness (QED) is 0.683. The molecule has 0 aliphatic carbocycles. The van der Waals surface area contributed by atoms with Gasteiger partial charge in [0.1, 0.15) is 0 Å². The molecular formula is C8H4Cl2N2O2. The van der Waals surface area contributed by atoms with Crippen molar-refractivity contribution in [3.63, 3.8) is 0 Å². The lowest BCUT2D eigenvalue weighted by Crippen LogP contribution is -1.86. The molecule has 0 amide bonds. The summed E-state index contributed by atoms with van der Waals surface area (Å²) < 4.78 is 0. The SMILES string of the molecule is Oc1cc2nc(Cl)c(Cl)nc2cc1O. The van der Waals surface area contributed by atoms with Crippen LogP contribution in [0.4, 0.5) is 0 Å². The van der Waals surface area contributed by atoms with Crippen molar-refractivity contribution in [1.29, 1.82) is 0 Å². The molecule has 0 bridgehead atoms. The predicted octanol–water partition coefficient (Wildman–Crippen LogP) is 2.35. The monoisotopic (exact) mass is 230 g/mol. The number of aromatic hydroxyl groups is 2. The number of aromatic nitrogens is 2. The van der Waals surface area contributed by atoms with Crippen molar-refractivity contribution in [2.75, 3.05) is 0 Å². The van der Waals surface area contributed by atoms with E-state index in [0.717, 1.165) is 0 Å². The van der Waals surface area contributed by atoms with E-state index in [1.165, 1.54) is 12.1 Å². The first-order valence-electron chi connectivity index (χ1n) is 3.62. The molecule has 2 N–H and O–H groups in total. The van der Waals surface area contributed by atoms with Gasteiger partial charge in [0.2, 0.25) is 0 Å². The van der Waals surface area contributed by atoms with Gasteiger partial charge in [-0.25, -0.2) is 9.97 Å². The van der Waals surface area contributed by atoms with Crippen molar-refractivity contribution in [3.8, 4) is 11.5 Å². The van der Waals surface area contributed by atoms with Gasteiger partial charge in [0.15, 0.2) is 21.8 Å². The summed E-state index contributed by atoms with van der Waals surface area (Å²) in [6, 6.07) is 2.53. The molecule has 1 aromatic carbocycles. The van der Waals surface area contributed by atoms with Crippen molar-refractivity contribution in [3.05, 3.63) is 22.4 Å². The Morgan fingerprint density at radius 2 is 1.21 bits per heavy atom. The van der Waals surface area contributed by atoms with Gasteiger partial charge < -0.3 is 10.2 Å². The summed E-state index contributed by atoms with van der Waals surface area (Å²) in [6.45, 7) is 0. The highest BCUT2D eigenvalue weighted by atomic mass is 35.5. The molecule has 1 heterocycles. The Kier molecular flexibility index (Phi) is 2.09. The van der Waals surface area contributed by atoms with Crippen LogP contribution in [0.1, 0.15) is 0 Å². The maximum absolute atomic E-state index is 9.18. The third-order valence-corrected chi connectivity index (χ3v) is 2.30. The first kappa shape index (κ1) is 9.30. The molecule has 0 aliphatic rings. The second kappa shape index (κ2) is 3.15. The Labute approximate surface area is 88.7 Å². The summed E-state index contributed by atoms with van der Waals surface area (Å²) in [5, 5.41) is 18.5. The van der Waals surface area contributed by atoms with Crippen molar-refractivity contribution >= 4 is 34.2 Å². The number of halogens is 2. The maximum atomic E-state index is 9.18. The Bertz CT molecular complexity index is 427. The highest BCUT2D eigenvalue weighted by Crippen LogP contribution is 2.30. The molecule has 2 aromatic rings. The summed E-state index contributed by atoms with van der Waals surface area (Å²) in [4.78, 5) is 7.75. The van der Waals surface area contributed by atoms with E-state index in [1.54, 1.807) is 0 Å². The van der Waals surface area contributed by atoms with Crippen LogP contribution in [0.2, 0.25) is 10.3 Å². The Morgan fingerprint density at radius 3 is 1.57 bits per heavy atom. The summed E-state index contributed by atoms with van der Waals surface area (Å²) in [5.41, 5.74) is 0.740. The zero-order chi connectivity index (χ0) is 10.3. The third-order valence-electron chi connectivity index (χ3n) is 1.68. The molecule has 0 unspecified atom stereocenters. The van der Waals surface area contributed by atoms with Gasteiger partial charge in [0.25, 0.3) is 0 Å². The van der Waals surface area contributed by atoms with E-state index in [-0.39, 0.29) is 21.8 Å². The van der Waals surface area contributed by atoms with Crippen molar-refractivity contribution in [2.24, 2.45) is 0 Å². The van der Waals surface area contributed by atoms with Gasteiger partial charge in [-0.15, -0.1) is 0 Å². The Hall–Kier alpha value is -1.26. The molecule has 1 aromatic heterocycles. The van der Waals surface area contributed by atoms with Gasteiger partial charge in [-0.2, -0.15) is 0 Å². The lowest BCUT2D eigenvalue weighted by atomic mass is 10.2. The summed E-state index contributed by atoms with van der Waals surface area (Å²) in [5.74, 6) is -0.546. The molecule has 72 valence electrons. The lowest BCUT2D eigenvalue weighted by Gasteiger charge is -2.01. The van der Waals surface area contributed by atoms with Crippen molar-refractivity contribution in [1.82, 2.24) is 9.97 Å². The fraction of sp³-hybridized carbons (Fsp3) is 0.